The lowest BCUT2D eigenvalue weighted by Crippen LogP contribution is -2.43. The lowest BCUT2D eigenvalue weighted by Gasteiger charge is -2.28. The average molecular weight is 174 g/mol. The van der Waals surface area contributed by atoms with Crippen molar-refractivity contribution in [1.82, 2.24) is 4.90 Å². The molecule has 3 N–H and O–H groups in total. The minimum Gasteiger partial charge on any atom is -0.395 e. The van der Waals surface area contributed by atoms with Crippen LogP contribution in [-0.2, 0) is 0 Å². The van der Waals surface area contributed by atoms with Crippen molar-refractivity contribution in [2.45, 2.75) is 39.3 Å². The van der Waals surface area contributed by atoms with Crippen LogP contribution < -0.4 is 5.73 Å². The zero-order chi connectivity index (χ0) is 9.56. The molecule has 0 saturated carbocycles. The molecule has 12 heavy (non-hydrogen) atoms. The fourth-order valence-electron chi connectivity index (χ4n) is 1.24. The Bertz CT molecular complexity index is 109. The maximum atomic E-state index is 8.78. The van der Waals surface area contributed by atoms with Gasteiger partial charge in [0.15, 0.2) is 0 Å². The number of hydrogen-bond donors (Lipinski definition) is 2. The van der Waals surface area contributed by atoms with Crippen molar-refractivity contribution < 1.29 is 5.11 Å². The Kier molecular flexibility index (Phi) is 6.34. The van der Waals surface area contributed by atoms with E-state index in [2.05, 4.69) is 25.7 Å². The molecule has 0 amide bonds. The quantitative estimate of drug-likeness (QED) is 0.614. The SMILES string of the molecule is CCC(C)N(CC)CC(N)CO. The molecule has 0 aromatic heterocycles. The maximum absolute atomic E-state index is 8.78. The molecule has 2 atom stereocenters. The van der Waals surface area contributed by atoms with Gasteiger partial charge in [-0.05, 0) is 19.9 Å². The number of rotatable bonds is 6. The molecule has 2 unspecified atom stereocenters. The highest BCUT2D eigenvalue weighted by Crippen LogP contribution is 2.02. The van der Waals surface area contributed by atoms with E-state index < -0.39 is 0 Å². The summed E-state index contributed by atoms with van der Waals surface area (Å²) in [5.41, 5.74) is 5.65. The van der Waals surface area contributed by atoms with Crippen LogP contribution in [0.1, 0.15) is 27.2 Å². The summed E-state index contributed by atoms with van der Waals surface area (Å²) >= 11 is 0. The van der Waals surface area contributed by atoms with Gasteiger partial charge >= 0.3 is 0 Å². The predicted molar refractivity (Wildman–Crippen MR) is 52.1 cm³/mol. The smallest absolute Gasteiger partial charge is 0.0595 e. The van der Waals surface area contributed by atoms with Crippen LogP contribution in [0.2, 0.25) is 0 Å². The summed E-state index contributed by atoms with van der Waals surface area (Å²) in [6.45, 7) is 8.35. The Balaban J connectivity index is 3.81. The second kappa shape index (κ2) is 6.40. The standard InChI is InChI=1S/C9H22N2O/c1-4-8(3)11(5-2)6-9(10)7-12/h8-9,12H,4-7,10H2,1-3H3. The minimum absolute atomic E-state index is 0.0763. The van der Waals surface area contributed by atoms with Gasteiger partial charge in [-0.15, -0.1) is 0 Å². The zero-order valence-electron chi connectivity index (χ0n) is 8.45. The van der Waals surface area contributed by atoms with E-state index in [9.17, 15) is 0 Å². The highest BCUT2D eigenvalue weighted by atomic mass is 16.3. The molecule has 0 saturated heterocycles. The van der Waals surface area contributed by atoms with Crippen molar-refractivity contribution in [3.05, 3.63) is 0 Å². The van der Waals surface area contributed by atoms with E-state index in [4.69, 9.17) is 10.8 Å². The maximum Gasteiger partial charge on any atom is 0.0595 e. The van der Waals surface area contributed by atoms with Gasteiger partial charge < -0.3 is 10.8 Å². The van der Waals surface area contributed by atoms with Crippen LogP contribution in [0.15, 0.2) is 0 Å². The second-order valence-electron chi connectivity index (χ2n) is 3.29. The van der Waals surface area contributed by atoms with Crippen LogP contribution in [0.5, 0.6) is 0 Å². The van der Waals surface area contributed by atoms with E-state index >= 15 is 0 Å². The molecule has 0 aliphatic heterocycles. The van der Waals surface area contributed by atoms with Crippen LogP contribution in [0.4, 0.5) is 0 Å². The molecule has 0 heterocycles. The Morgan fingerprint density at radius 1 is 1.42 bits per heavy atom. The first-order chi connectivity index (χ1) is 5.65. The Hall–Kier alpha value is -0.120. The molecule has 0 aliphatic rings. The highest BCUT2D eigenvalue weighted by molar-refractivity contribution is 4.70. The molecule has 0 bridgehead atoms. The molecule has 74 valence electrons. The van der Waals surface area contributed by atoms with Crippen molar-refractivity contribution >= 4 is 0 Å². The second-order valence-corrected chi connectivity index (χ2v) is 3.29. The molecule has 0 fully saturated rings. The van der Waals surface area contributed by atoms with Crippen LogP contribution in [0, 0.1) is 0 Å². The van der Waals surface area contributed by atoms with Gasteiger partial charge in [0.2, 0.25) is 0 Å². The fourth-order valence-corrected chi connectivity index (χ4v) is 1.24. The molecule has 0 aromatic carbocycles. The molecule has 0 radical (unpaired) electrons. The molecule has 3 heteroatoms. The molecule has 0 rings (SSSR count). The minimum atomic E-state index is -0.0982. The van der Waals surface area contributed by atoms with Crippen molar-refractivity contribution in [2.75, 3.05) is 19.7 Å². The van der Waals surface area contributed by atoms with Gasteiger partial charge in [0, 0.05) is 18.6 Å². The van der Waals surface area contributed by atoms with E-state index in [1.807, 2.05) is 0 Å². The Morgan fingerprint density at radius 2 is 2.00 bits per heavy atom. The third-order valence-corrected chi connectivity index (χ3v) is 2.32. The first kappa shape index (κ1) is 11.9. The Labute approximate surface area is 75.6 Å². The normalized spacial score (nSPS) is 16.5. The largest absolute Gasteiger partial charge is 0.395 e. The van der Waals surface area contributed by atoms with Gasteiger partial charge in [0.05, 0.1) is 6.61 Å². The number of aliphatic hydroxyl groups is 1. The van der Waals surface area contributed by atoms with Crippen molar-refractivity contribution in [2.24, 2.45) is 5.73 Å². The third-order valence-electron chi connectivity index (χ3n) is 2.32. The molecular formula is C9H22N2O. The van der Waals surface area contributed by atoms with E-state index in [1.54, 1.807) is 0 Å². The highest BCUT2D eigenvalue weighted by Gasteiger charge is 2.12. The summed E-state index contributed by atoms with van der Waals surface area (Å²) < 4.78 is 0. The lowest BCUT2D eigenvalue weighted by atomic mass is 10.2. The number of aliphatic hydroxyl groups excluding tert-OH is 1. The molecule has 0 aliphatic carbocycles. The zero-order valence-corrected chi connectivity index (χ0v) is 8.45. The first-order valence-corrected chi connectivity index (χ1v) is 4.76. The molecule has 3 nitrogen and oxygen atoms in total. The summed E-state index contributed by atoms with van der Waals surface area (Å²) in [4.78, 5) is 2.29. The summed E-state index contributed by atoms with van der Waals surface area (Å²) in [5, 5.41) is 8.78. The van der Waals surface area contributed by atoms with Gasteiger partial charge in [-0.1, -0.05) is 13.8 Å². The topological polar surface area (TPSA) is 49.5 Å². The van der Waals surface area contributed by atoms with Crippen molar-refractivity contribution in [1.29, 1.82) is 0 Å². The summed E-state index contributed by atoms with van der Waals surface area (Å²) in [7, 11) is 0. The van der Waals surface area contributed by atoms with Gasteiger partial charge in [0.25, 0.3) is 0 Å². The van der Waals surface area contributed by atoms with Crippen LogP contribution >= 0.6 is 0 Å². The monoisotopic (exact) mass is 174 g/mol. The van der Waals surface area contributed by atoms with Gasteiger partial charge in [-0.25, -0.2) is 0 Å². The summed E-state index contributed by atoms with van der Waals surface area (Å²) in [6.07, 6.45) is 1.13. The lowest BCUT2D eigenvalue weighted by molar-refractivity contribution is 0.169. The van der Waals surface area contributed by atoms with E-state index in [1.165, 1.54) is 0 Å². The number of hydrogen-bond acceptors (Lipinski definition) is 3. The van der Waals surface area contributed by atoms with Crippen LogP contribution in [0.25, 0.3) is 0 Å². The van der Waals surface area contributed by atoms with E-state index in [-0.39, 0.29) is 12.6 Å². The predicted octanol–water partition coefficient (Wildman–Crippen LogP) is 0.426. The summed E-state index contributed by atoms with van der Waals surface area (Å²) in [5.74, 6) is 0. The van der Waals surface area contributed by atoms with Gasteiger partial charge in [-0.2, -0.15) is 0 Å². The first-order valence-electron chi connectivity index (χ1n) is 4.76. The van der Waals surface area contributed by atoms with Crippen molar-refractivity contribution in [3.63, 3.8) is 0 Å². The number of nitrogens with two attached hydrogens (primary N) is 1. The molecular weight excluding hydrogens is 152 g/mol. The number of nitrogens with zero attached hydrogens (tertiary/aromatic N) is 1. The van der Waals surface area contributed by atoms with Gasteiger partial charge in [-0.3, -0.25) is 4.90 Å². The van der Waals surface area contributed by atoms with E-state index in [0.29, 0.717) is 6.04 Å². The number of likely N-dealkylation sites (N-methyl/N-ethyl adjacent to an activating group) is 1. The van der Waals surface area contributed by atoms with E-state index in [0.717, 1.165) is 19.5 Å². The molecule has 0 aromatic rings. The van der Waals surface area contributed by atoms with Gasteiger partial charge in [0.1, 0.15) is 0 Å². The third kappa shape index (κ3) is 4.04. The van der Waals surface area contributed by atoms with Crippen molar-refractivity contribution in [3.8, 4) is 0 Å². The molecule has 0 spiro atoms. The summed E-state index contributed by atoms with van der Waals surface area (Å²) in [6, 6.07) is 0.464. The van der Waals surface area contributed by atoms with Crippen LogP contribution in [-0.4, -0.2) is 41.8 Å². The van der Waals surface area contributed by atoms with Crippen LogP contribution in [0.3, 0.4) is 0 Å². The Morgan fingerprint density at radius 3 is 2.33 bits per heavy atom. The average Bonchev–Trinajstić information content (AvgIpc) is 2.12. The fraction of sp³-hybridized carbons (Fsp3) is 1.00.